The van der Waals surface area contributed by atoms with E-state index in [-0.39, 0.29) is 6.10 Å². The largest absolute Gasteiger partial charge is 0.473 e. The molecule has 0 radical (unpaired) electrons. The van der Waals surface area contributed by atoms with E-state index in [2.05, 4.69) is 22.2 Å². The molecule has 0 spiro atoms. The van der Waals surface area contributed by atoms with Crippen LogP contribution in [0.3, 0.4) is 0 Å². The van der Waals surface area contributed by atoms with Crippen LogP contribution in [0.4, 0.5) is 5.82 Å². The Kier molecular flexibility index (Phi) is 5.13. The van der Waals surface area contributed by atoms with Crippen LogP contribution in [0.2, 0.25) is 10.0 Å². The molecule has 0 aliphatic carbocycles. The van der Waals surface area contributed by atoms with Gasteiger partial charge in [0.15, 0.2) is 0 Å². The molecule has 6 heteroatoms. The lowest BCUT2D eigenvalue weighted by molar-refractivity contribution is 0.110. The molecule has 0 bridgehead atoms. The average Bonchev–Trinajstić information content (AvgIpc) is 2.38. The van der Waals surface area contributed by atoms with Crippen molar-refractivity contribution in [3.8, 4) is 5.88 Å². The van der Waals surface area contributed by atoms with E-state index in [9.17, 15) is 0 Å². The molecule has 0 saturated carbocycles. The first-order chi connectivity index (χ1) is 9.10. The smallest absolute Gasteiger partial charge is 0.234 e. The molecule has 0 atom stereocenters. The number of piperidine rings is 1. The number of rotatable bonds is 4. The van der Waals surface area contributed by atoms with Gasteiger partial charge < -0.3 is 15.0 Å². The maximum Gasteiger partial charge on any atom is 0.234 e. The summed E-state index contributed by atoms with van der Waals surface area (Å²) >= 11 is 12.2. The van der Waals surface area contributed by atoms with Gasteiger partial charge in [0, 0.05) is 19.6 Å². The fourth-order valence-electron chi connectivity index (χ4n) is 2.08. The first-order valence-corrected chi connectivity index (χ1v) is 7.31. The maximum absolute atomic E-state index is 6.14. The van der Waals surface area contributed by atoms with Crippen molar-refractivity contribution in [1.82, 2.24) is 9.88 Å². The van der Waals surface area contributed by atoms with Gasteiger partial charge >= 0.3 is 0 Å². The van der Waals surface area contributed by atoms with E-state index in [0.29, 0.717) is 21.7 Å². The van der Waals surface area contributed by atoms with Crippen LogP contribution >= 0.6 is 23.2 Å². The Morgan fingerprint density at radius 2 is 2.05 bits per heavy atom. The van der Waals surface area contributed by atoms with Crippen molar-refractivity contribution >= 4 is 29.0 Å². The Morgan fingerprint density at radius 1 is 1.37 bits per heavy atom. The van der Waals surface area contributed by atoms with Crippen LogP contribution in [0.15, 0.2) is 6.07 Å². The lowest BCUT2D eigenvalue weighted by atomic mass is 10.1. The number of ether oxygens (including phenoxy) is 1. The molecule has 1 aromatic rings. The molecule has 1 saturated heterocycles. The summed E-state index contributed by atoms with van der Waals surface area (Å²) in [6.45, 7) is 4.82. The molecule has 1 aliphatic heterocycles. The van der Waals surface area contributed by atoms with Crippen molar-refractivity contribution in [3.63, 3.8) is 0 Å². The number of nitrogens with one attached hydrogen (secondary N) is 1. The van der Waals surface area contributed by atoms with E-state index in [0.717, 1.165) is 32.5 Å². The van der Waals surface area contributed by atoms with Gasteiger partial charge in [-0.3, -0.25) is 0 Å². The number of aromatic nitrogens is 1. The first-order valence-electron chi connectivity index (χ1n) is 6.55. The van der Waals surface area contributed by atoms with Gasteiger partial charge in [0.1, 0.15) is 16.9 Å². The van der Waals surface area contributed by atoms with Crippen molar-refractivity contribution in [1.29, 1.82) is 0 Å². The first kappa shape index (κ1) is 14.7. The number of nitrogens with zero attached hydrogens (tertiary/aromatic N) is 2. The zero-order valence-corrected chi connectivity index (χ0v) is 12.8. The number of likely N-dealkylation sites (tertiary alicyclic amines) is 1. The summed E-state index contributed by atoms with van der Waals surface area (Å²) in [7, 11) is 2.12. The van der Waals surface area contributed by atoms with E-state index in [1.165, 1.54) is 0 Å². The molecular formula is C13H19Cl2N3O. The van der Waals surface area contributed by atoms with Gasteiger partial charge in [-0.15, -0.1) is 0 Å². The molecule has 106 valence electrons. The van der Waals surface area contributed by atoms with Crippen molar-refractivity contribution in [2.24, 2.45) is 0 Å². The number of pyridine rings is 1. The lowest BCUT2D eigenvalue weighted by Crippen LogP contribution is -2.35. The second-order valence-electron chi connectivity index (χ2n) is 4.76. The Hall–Kier alpha value is -0.710. The van der Waals surface area contributed by atoms with Crippen LogP contribution in [0.1, 0.15) is 19.8 Å². The highest BCUT2D eigenvalue weighted by molar-refractivity contribution is 6.36. The summed E-state index contributed by atoms with van der Waals surface area (Å²) in [6.07, 6.45) is 2.17. The molecule has 0 amide bonds. The molecule has 4 nitrogen and oxygen atoms in total. The van der Waals surface area contributed by atoms with Crippen LogP contribution in [-0.4, -0.2) is 42.7 Å². The zero-order chi connectivity index (χ0) is 13.8. The SMILES string of the molecule is CCNc1nc(OC2CCN(C)CC2)c(Cl)cc1Cl. The van der Waals surface area contributed by atoms with Crippen LogP contribution in [0, 0.1) is 0 Å². The lowest BCUT2D eigenvalue weighted by Gasteiger charge is -2.29. The van der Waals surface area contributed by atoms with Gasteiger partial charge in [-0.1, -0.05) is 23.2 Å². The van der Waals surface area contributed by atoms with Crippen molar-refractivity contribution < 1.29 is 4.74 Å². The fourth-order valence-corrected chi connectivity index (χ4v) is 2.55. The Labute approximate surface area is 124 Å². The van der Waals surface area contributed by atoms with E-state index >= 15 is 0 Å². The molecule has 2 rings (SSSR count). The van der Waals surface area contributed by atoms with Crippen LogP contribution in [-0.2, 0) is 0 Å². The predicted molar refractivity (Wildman–Crippen MR) is 79.6 cm³/mol. The summed E-state index contributed by atoms with van der Waals surface area (Å²) < 4.78 is 5.91. The molecule has 1 fully saturated rings. The van der Waals surface area contributed by atoms with Gasteiger partial charge in [0.2, 0.25) is 5.88 Å². The summed E-state index contributed by atoms with van der Waals surface area (Å²) in [4.78, 5) is 6.66. The Morgan fingerprint density at radius 3 is 2.68 bits per heavy atom. The highest BCUT2D eigenvalue weighted by atomic mass is 35.5. The van der Waals surface area contributed by atoms with Gasteiger partial charge in [-0.25, -0.2) is 0 Å². The molecular weight excluding hydrogens is 285 g/mol. The summed E-state index contributed by atoms with van der Waals surface area (Å²) in [6, 6.07) is 1.68. The van der Waals surface area contributed by atoms with Gasteiger partial charge in [-0.05, 0) is 32.9 Å². The Balaban J connectivity index is 2.08. The normalized spacial score (nSPS) is 17.5. The van der Waals surface area contributed by atoms with E-state index < -0.39 is 0 Å². The van der Waals surface area contributed by atoms with Gasteiger partial charge in [0.05, 0.1) is 5.02 Å². The topological polar surface area (TPSA) is 37.4 Å². The molecule has 0 aromatic carbocycles. The standard InChI is InChI=1S/C13H19Cl2N3O/c1-3-16-12-10(14)8-11(15)13(17-12)19-9-4-6-18(2)7-5-9/h8-9H,3-7H2,1-2H3,(H,16,17). The zero-order valence-electron chi connectivity index (χ0n) is 11.2. The van der Waals surface area contributed by atoms with Crippen molar-refractivity contribution in [3.05, 3.63) is 16.1 Å². The third kappa shape index (κ3) is 3.88. The summed E-state index contributed by atoms with van der Waals surface area (Å²) in [5.41, 5.74) is 0. The molecule has 0 unspecified atom stereocenters. The third-order valence-electron chi connectivity index (χ3n) is 3.19. The molecule has 2 heterocycles. The van der Waals surface area contributed by atoms with Crippen molar-refractivity contribution in [2.75, 3.05) is 32.0 Å². The van der Waals surface area contributed by atoms with Crippen molar-refractivity contribution in [2.45, 2.75) is 25.9 Å². The predicted octanol–water partition coefficient (Wildman–Crippen LogP) is 3.29. The highest BCUT2D eigenvalue weighted by Crippen LogP contribution is 2.32. The molecule has 1 N–H and O–H groups in total. The minimum Gasteiger partial charge on any atom is -0.473 e. The number of hydrogen-bond acceptors (Lipinski definition) is 4. The maximum atomic E-state index is 6.14. The molecule has 1 aromatic heterocycles. The molecule has 1 aliphatic rings. The number of anilines is 1. The van der Waals surface area contributed by atoms with Gasteiger partial charge in [-0.2, -0.15) is 4.98 Å². The van der Waals surface area contributed by atoms with Gasteiger partial charge in [0.25, 0.3) is 0 Å². The minimum atomic E-state index is 0.178. The minimum absolute atomic E-state index is 0.178. The quantitative estimate of drug-likeness (QED) is 0.926. The second-order valence-corrected chi connectivity index (χ2v) is 5.57. The van der Waals surface area contributed by atoms with Crippen LogP contribution in [0.25, 0.3) is 0 Å². The highest BCUT2D eigenvalue weighted by Gasteiger charge is 2.20. The van der Waals surface area contributed by atoms with Crippen LogP contribution < -0.4 is 10.1 Å². The summed E-state index contributed by atoms with van der Waals surface area (Å²) in [5, 5.41) is 4.08. The number of hydrogen-bond donors (Lipinski definition) is 1. The summed E-state index contributed by atoms with van der Waals surface area (Å²) in [5.74, 6) is 1.09. The monoisotopic (exact) mass is 303 g/mol. The fraction of sp³-hybridized carbons (Fsp3) is 0.615. The van der Waals surface area contributed by atoms with Crippen LogP contribution in [0.5, 0.6) is 5.88 Å². The molecule has 19 heavy (non-hydrogen) atoms. The second kappa shape index (κ2) is 6.64. The van der Waals surface area contributed by atoms with E-state index in [1.807, 2.05) is 6.92 Å². The Bertz CT molecular complexity index is 434. The third-order valence-corrected chi connectivity index (χ3v) is 3.74. The van der Waals surface area contributed by atoms with E-state index in [4.69, 9.17) is 27.9 Å². The van der Waals surface area contributed by atoms with E-state index in [1.54, 1.807) is 6.07 Å². The average molecular weight is 304 g/mol. The number of halogens is 2.